The van der Waals surface area contributed by atoms with Gasteiger partial charge in [0, 0.05) is 35.2 Å². The van der Waals surface area contributed by atoms with Gasteiger partial charge in [-0.15, -0.1) is 11.8 Å². The molecule has 0 fully saturated rings. The fourth-order valence-corrected chi connectivity index (χ4v) is 3.04. The minimum Gasteiger partial charge on any atom is -0.456 e. The van der Waals surface area contributed by atoms with E-state index in [2.05, 4.69) is 5.32 Å². The largest absolute Gasteiger partial charge is 0.456 e. The van der Waals surface area contributed by atoms with Crippen LogP contribution in [0.3, 0.4) is 0 Å². The quantitative estimate of drug-likeness (QED) is 0.236. The minimum absolute atomic E-state index is 0.0327. The van der Waals surface area contributed by atoms with Crippen LogP contribution < -0.4 is 5.32 Å². The molecule has 1 amide bonds. The van der Waals surface area contributed by atoms with Gasteiger partial charge in [0.15, 0.2) is 12.4 Å². The first-order valence-corrected chi connectivity index (χ1v) is 9.13. The molecule has 2 aromatic carbocycles. The van der Waals surface area contributed by atoms with E-state index in [0.29, 0.717) is 16.1 Å². The van der Waals surface area contributed by atoms with Crippen LogP contribution in [0.1, 0.15) is 24.2 Å². The number of anilines is 1. The second kappa shape index (κ2) is 9.65. The maximum absolute atomic E-state index is 12.1. The molecule has 0 heterocycles. The summed E-state index contributed by atoms with van der Waals surface area (Å²) in [7, 11) is 0. The number of hydrogen-bond acceptors (Lipinski definition) is 7. The highest BCUT2D eigenvalue weighted by Gasteiger charge is 2.18. The molecule has 0 saturated carbocycles. The number of rotatable bonds is 8. The first kappa shape index (κ1) is 21.1. The summed E-state index contributed by atoms with van der Waals surface area (Å²) in [6, 6.07) is 12.1. The monoisotopic (exact) mass is 402 g/mol. The zero-order chi connectivity index (χ0) is 20.7. The molecule has 146 valence electrons. The van der Waals surface area contributed by atoms with Crippen molar-refractivity contribution in [1.29, 1.82) is 0 Å². The Bertz CT molecular complexity index is 880. The van der Waals surface area contributed by atoms with Gasteiger partial charge < -0.3 is 10.1 Å². The second-order valence-electron chi connectivity index (χ2n) is 5.80. The molecule has 8 nitrogen and oxygen atoms in total. The van der Waals surface area contributed by atoms with Gasteiger partial charge in [0.25, 0.3) is 5.69 Å². The lowest BCUT2D eigenvalue weighted by atomic mass is 10.1. The summed E-state index contributed by atoms with van der Waals surface area (Å²) < 4.78 is 5.06. The molecule has 0 aliphatic carbocycles. The fourth-order valence-electron chi connectivity index (χ4n) is 2.18. The number of thioether (sulfide) groups is 1. The van der Waals surface area contributed by atoms with Crippen molar-refractivity contribution >= 4 is 40.8 Å². The summed E-state index contributed by atoms with van der Waals surface area (Å²) in [5.41, 5.74) is 0.890. The predicted molar refractivity (Wildman–Crippen MR) is 104 cm³/mol. The molecule has 1 N–H and O–H groups in total. The van der Waals surface area contributed by atoms with Gasteiger partial charge in [-0.3, -0.25) is 24.5 Å². The van der Waals surface area contributed by atoms with Crippen LogP contribution >= 0.6 is 11.8 Å². The summed E-state index contributed by atoms with van der Waals surface area (Å²) in [5, 5.41) is 12.7. The number of benzene rings is 2. The number of nitrogens with zero attached hydrogens (tertiary/aromatic N) is 1. The van der Waals surface area contributed by atoms with E-state index in [-0.39, 0.29) is 17.4 Å². The Morgan fingerprint density at radius 1 is 1.11 bits per heavy atom. The molecular weight excluding hydrogens is 384 g/mol. The third kappa shape index (κ3) is 6.20. The van der Waals surface area contributed by atoms with Crippen molar-refractivity contribution in [2.24, 2.45) is 0 Å². The van der Waals surface area contributed by atoms with E-state index in [1.54, 1.807) is 31.2 Å². The molecule has 0 aliphatic heterocycles. The van der Waals surface area contributed by atoms with Crippen LogP contribution in [0.4, 0.5) is 11.4 Å². The third-order valence-electron chi connectivity index (χ3n) is 3.57. The number of ether oxygens (including phenoxy) is 1. The van der Waals surface area contributed by atoms with E-state index in [1.165, 1.54) is 43.0 Å². The standard InChI is InChI=1S/C19H18N2O6S/c1-12(28-17-9-7-16(8-10-17)21(25)26)19(24)27-11-18(23)14-3-5-15(6-4-14)20-13(2)22/h3-10,12H,11H2,1-2H3,(H,20,22)/t12-/m0/s1. The number of non-ortho nitro benzene ring substituents is 1. The van der Waals surface area contributed by atoms with Gasteiger partial charge in [-0.25, -0.2) is 0 Å². The molecule has 0 radical (unpaired) electrons. The van der Waals surface area contributed by atoms with Crippen molar-refractivity contribution in [3.05, 3.63) is 64.2 Å². The zero-order valence-electron chi connectivity index (χ0n) is 15.2. The lowest BCUT2D eigenvalue weighted by Crippen LogP contribution is -2.21. The summed E-state index contributed by atoms with van der Waals surface area (Å²) >= 11 is 1.18. The van der Waals surface area contributed by atoms with Gasteiger partial charge >= 0.3 is 5.97 Å². The zero-order valence-corrected chi connectivity index (χ0v) is 16.0. The molecule has 0 unspecified atom stereocenters. The van der Waals surface area contributed by atoms with Gasteiger partial charge in [-0.1, -0.05) is 0 Å². The highest BCUT2D eigenvalue weighted by atomic mass is 32.2. The fraction of sp³-hybridized carbons (Fsp3) is 0.211. The highest BCUT2D eigenvalue weighted by Crippen LogP contribution is 2.26. The van der Waals surface area contributed by atoms with Crippen molar-refractivity contribution in [3.63, 3.8) is 0 Å². The van der Waals surface area contributed by atoms with Crippen LogP contribution in [0, 0.1) is 10.1 Å². The Balaban J connectivity index is 1.85. The molecule has 0 bridgehead atoms. The minimum atomic E-state index is -0.587. The summed E-state index contributed by atoms with van der Waals surface area (Å²) in [6.45, 7) is 2.61. The Morgan fingerprint density at radius 2 is 1.71 bits per heavy atom. The molecule has 1 atom stereocenters. The molecule has 0 spiro atoms. The van der Waals surface area contributed by atoms with Crippen LogP contribution in [-0.2, 0) is 14.3 Å². The number of amides is 1. The van der Waals surface area contributed by atoms with Crippen molar-refractivity contribution in [1.82, 2.24) is 0 Å². The van der Waals surface area contributed by atoms with E-state index in [4.69, 9.17) is 4.74 Å². The molecule has 0 aromatic heterocycles. The predicted octanol–water partition coefficient (Wildman–Crippen LogP) is 3.46. The Hall–Kier alpha value is -3.20. The van der Waals surface area contributed by atoms with Crippen molar-refractivity contribution < 1.29 is 24.0 Å². The lowest BCUT2D eigenvalue weighted by molar-refractivity contribution is -0.384. The van der Waals surface area contributed by atoms with Crippen LogP contribution in [0.25, 0.3) is 0 Å². The van der Waals surface area contributed by atoms with Crippen LogP contribution in [-0.4, -0.2) is 34.4 Å². The lowest BCUT2D eigenvalue weighted by Gasteiger charge is -2.11. The molecule has 28 heavy (non-hydrogen) atoms. The van der Waals surface area contributed by atoms with Crippen molar-refractivity contribution in [2.75, 3.05) is 11.9 Å². The summed E-state index contributed by atoms with van der Waals surface area (Å²) in [5.74, 6) is -1.14. The number of carbonyl (C=O) groups excluding carboxylic acids is 3. The van der Waals surface area contributed by atoms with Crippen molar-refractivity contribution in [2.45, 2.75) is 24.0 Å². The van der Waals surface area contributed by atoms with Gasteiger partial charge in [-0.2, -0.15) is 0 Å². The van der Waals surface area contributed by atoms with E-state index < -0.39 is 22.7 Å². The number of ketones is 1. The van der Waals surface area contributed by atoms with Gasteiger partial charge in [0.2, 0.25) is 5.91 Å². The highest BCUT2D eigenvalue weighted by molar-refractivity contribution is 8.00. The number of Topliss-reactive ketones (excluding diaryl/α,β-unsaturated/α-hetero) is 1. The average molecular weight is 402 g/mol. The van der Waals surface area contributed by atoms with E-state index in [9.17, 15) is 24.5 Å². The second-order valence-corrected chi connectivity index (χ2v) is 7.21. The number of nitro benzene ring substituents is 1. The van der Waals surface area contributed by atoms with Gasteiger partial charge in [0.05, 0.1) is 4.92 Å². The molecule has 0 aliphatic rings. The molecule has 0 saturated heterocycles. The van der Waals surface area contributed by atoms with E-state index in [1.807, 2.05) is 0 Å². The third-order valence-corrected chi connectivity index (χ3v) is 4.66. The van der Waals surface area contributed by atoms with E-state index >= 15 is 0 Å². The van der Waals surface area contributed by atoms with Gasteiger partial charge in [-0.05, 0) is 43.3 Å². The Kier molecular flexibility index (Phi) is 7.28. The first-order chi connectivity index (χ1) is 13.3. The molecular formula is C19H18N2O6S. The number of nitro groups is 1. The van der Waals surface area contributed by atoms with E-state index in [0.717, 1.165) is 0 Å². The maximum Gasteiger partial charge on any atom is 0.319 e. The Labute approximate surface area is 165 Å². The summed E-state index contributed by atoms with van der Waals surface area (Å²) in [6.07, 6.45) is 0. The normalized spacial score (nSPS) is 11.4. The topological polar surface area (TPSA) is 116 Å². The van der Waals surface area contributed by atoms with Crippen LogP contribution in [0.5, 0.6) is 0 Å². The number of carbonyl (C=O) groups is 3. The number of esters is 1. The average Bonchev–Trinajstić information content (AvgIpc) is 2.66. The number of nitrogens with one attached hydrogen (secondary N) is 1. The van der Waals surface area contributed by atoms with Crippen LogP contribution in [0.2, 0.25) is 0 Å². The van der Waals surface area contributed by atoms with Gasteiger partial charge in [0.1, 0.15) is 5.25 Å². The molecule has 2 aromatic rings. The molecule has 2 rings (SSSR count). The first-order valence-electron chi connectivity index (χ1n) is 8.25. The summed E-state index contributed by atoms with van der Waals surface area (Å²) in [4.78, 5) is 46.0. The van der Waals surface area contributed by atoms with Crippen LogP contribution in [0.15, 0.2) is 53.4 Å². The number of hydrogen-bond donors (Lipinski definition) is 1. The molecule has 9 heteroatoms. The smallest absolute Gasteiger partial charge is 0.319 e. The maximum atomic E-state index is 12.1. The van der Waals surface area contributed by atoms with Crippen molar-refractivity contribution in [3.8, 4) is 0 Å². The SMILES string of the molecule is CC(=O)Nc1ccc(C(=O)COC(=O)[C@H](C)Sc2ccc([N+](=O)[O-])cc2)cc1. The Morgan fingerprint density at radius 3 is 2.25 bits per heavy atom.